The number of hydrogen-bond acceptors (Lipinski definition) is 5. The Hall–Kier alpha value is -3.06. The van der Waals surface area contributed by atoms with E-state index < -0.39 is 5.91 Å². The van der Waals surface area contributed by atoms with E-state index in [1.165, 1.54) is 0 Å². The molecule has 3 rings (SSSR count). The number of hydrogen-bond donors (Lipinski definition) is 2. The second-order valence-electron chi connectivity index (χ2n) is 4.71. The Morgan fingerprint density at radius 2 is 1.70 bits per heavy atom. The molecule has 0 aliphatic heterocycles. The van der Waals surface area contributed by atoms with Gasteiger partial charge in [-0.15, -0.1) is 5.10 Å². The normalized spacial score (nSPS) is 10.3. The number of rotatable bonds is 4. The van der Waals surface area contributed by atoms with Crippen molar-refractivity contribution in [3.8, 4) is 11.3 Å². The molecule has 2 aromatic carbocycles. The number of amides is 2. The molecule has 2 amide bonds. The van der Waals surface area contributed by atoms with E-state index in [1.54, 1.807) is 24.3 Å². The minimum atomic E-state index is -0.513. The van der Waals surface area contributed by atoms with Gasteiger partial charge in [-0.05, 0) is 35.8 Å². The molecule has 0 aliphatic carbocycles. The molecule has 0 fully saturated rings. The first-order chi connectivity index (χ1) is 11.1. The third-order valence-corrected chi connectivity index (χ3v) is 3.89. The van der Waals surface area contributed by atoms with Crippen LogP contribution in [0.25, 0.3) is 11.3 Å². The van der Waals surface area contributed by atoms with E-state index >= 15 is 0 Å². The summed E-state index contributed by atoms with van der Waals surface area (Å²) < 4.78 is 3.87. The van der Waals surface area contributed by atoms with Crippen molar-refractivity contribution in [2.75, 3.05) is 5.32 Å². The van der Waals surface area contributed by atoms with Gasteiger partial charge in [0.25, 0.3) is 5.91 Å². The van der Waals surface area contributed by atoms with Gasteiger partial charge in [0, 0.05) is 16.8 Å². The van der Waals surface area contributed by atoms with Gasteiger partial charge >= 0.3 is 0 Å². The summed E-state index contributed by atoms with van der Waals surface area (Å²) in [4.78, 5) is 23.9. The van der Waals surface area contributed by atoms with Gasteiger partial charge in [-0.3, -0.25) is 9.59 Å². The van der Waals surface area contributed by atoms with Gasteiger partial charge in [0.2, 0.25) is 5.91 Å². The predicted molar refractivity (Wildman–Crippen MR) is 88.3 cm³/mol. The number of nitrogens with two attached hydrogens (primary N) is 1. The molecule has 0 spiro atoms. The smallest absolute Gasteiger partial charge is 0.269 e. The molecule has 1 heterocycles. The van der Waals surface area contributed by atoms with E-state index in [-0.39, 0.29) is 5.91 Å². The molecule has 6 nitrogen and oxygen atoms in total. The van der Waals surface area contributed by atoms with Crippen molar-refractivity contribution in [3.63, 3.8) is 0 Å². The first-order valence-electron chi connectivity index (χ1n) is 6.74. The Kier molecular flexibility index (Phi) is 4.11. The molecular weight excluding hydrogens is 312 g/mol. The number of nitrogens with one attached hydrogen (secondary N) is 1. The maximum absolute atomic E-state index is 12.4. The molecule has 1 aromatic heterocycles. The van der Waals surface area contributed by atoms with Gasteiger partial charge in [0.05, 0.1) is 0 Å². The molecule has 0 saturated carbocycles. The van der Waals surface area contributed by atoms with Crippen molar-refractivity contribution >= 4 is 29.0 Å². The van der Waals surface area contributed by atoms with Crippen LogP contribution in [-0.2, 0) is 0 Å². The summed E-state index contributed by atoms with van der Waals surface area (Å²) in [5.41, 5.74) is 7.50. The minimum absolute atomic E-state index is 0.300. The molecule has 0 aliphatic rings. The minimum Gasteiger partial charge on any atom is -0.366 e. The Balaban J connectivity index is 1.82. The first kappa shape index (κ1) is 14.9. The molecule has 0 saturated heterocycles. The lowest BCUT2D eigenvalue weighted by Gasteiger charge is -2.05. The fraction of sp³-hybridized carbons (Fsp3) is 0. The summed E-state index contributed by atoms with van der Waals surface area (Å²) in [6.07, 6.45) is 0. The second kappa shape index (κ2) is 6.37. The highest BCUT2D eigenvalue weighted by molar-refractivity contribution is 7.08. The number of aromatic nitrogens is 2. The number of carbonyl (C=O) groups is 2. The number of anilines is 1. The molecule has 114 valence electrons. The number of nitrogens with zero attached hydrogens (tertiary/aromatic N) is 2. The van der Waals surface area contributed by atoms with Crippen LogP contribution in [0.5, 0.6) is 0 Å². The third kappa shape index (κ3) is 3.24. The third-order valence-electron chi connectivity index (χ3n) is 3.17. The zero-order valence-corrected chi connectivity index (χ0v) is 12.7. The summed E-state index contributed by atoms with van der Waals surface area (Å²) in [5.74, 6) is -0.813. The maximum Gasteiger partial charge on any atom is 0.269 e. The van der Waals surface area contributed by atoms with Crippen LogP contribution in [0.4, 0.5) is 5.69 Å². The zero-order valence-electron chi connectivity index (χ0n) is 11.9. The highest BCUT2D eigenvalue weighted by Crippen LogP contribution is 2.24. The van der Waals surface area contributed by atoms with E-state index in [9.17, 15) is 9.59 Å². The van der Waals surface area contributed by atoms with E-state index in [2.05, 4.69) is 14.9 Å². The molecule has 0 bridgehead atoms. The van der Waals surface area contributed by atoms with Crippen molar-refractivity contribution in [1.29, 1.82) is 0 Å². The van der Waals surface area contributed by atoms with Crippen LogP contribution in [0.3, 0.4) is 0 Å². The quantitative estimate of drug-likeness (QED) is 0.770. The Labute approximate surface area is 136 Å². The van der Waals surface area contributed by atoms with E-state index in [1.807, 2.05) is 30.3 Å². The summed E-state index contributed by atoms with van der Waals surface area (Å²) in [5, 5.41) is 6.79. The monoisotopic (exact) mass is 324 g/mol. The van der Waals surface area contributed by atoms with Crippen LogP contribution in [0.1, 0.15) is 20.0 Å². The van der Waals surface area contributed by atoms with Crippen molar-refractivity contribution in [3.05, 3.63) is 65.0 Å². The van der Waals surface area contributed by atoms with Crippen LogP contribution >= 0.6 is 11.5 Å². The van der Waals surface area contributed by atoms with Gasteiger partial charge in [-0.25, -0.2) is 0 Å². The summed E-state index contributed by atoms with van der Waals surface area (Å²) in [7, 11) is 0. The SMILES string of the molecule is NC(=O)c1ccc(NC(=O)c2snnc2-c2ccccc2)cc1. The van der Waals surface area contributed by atoms with Crippen molar-refractivity contribution in [1.82, 2.24) is 9.59 Å². The average Bonchev–Trinajstić information content (AvgIpc) is 3.06. The van der Waals surface area contributed by atoms with Crippen LogP contribution < -0.4 is 11.1 Å². The van der Waals surface area contributed by atoms with Crippen LogP contribution in [0.15, 0.2) is 54.6 Å². The summed E-state index contributed by atoms with van der Waals surface area (Å²) in [6.45, 7) is 0. The maximum atomic E-state index is 12.4. The van der Waals surface area contributed by atoms with E-state index in [4.69, 9.17) is 5.73 Å². The summed E-state index contributed by atoms with van der Waals surface area (Å²) >= 11 is 1.03. The predicted octanol–water partition coefficient (Wildman–Crippen LogP) is 2.56. The van der Waals surface area contributed by atoms with Crippen molar-refractivity contribution in [2.24, 2.45) is 5.73 Å². The molecule has 0 radical (unpaired) electrons. The number of primary amides is 1. The number of carbonyl (C=O) groups excluding carboxylic acids is 2. The van der Waals surface area contributed by atoms with E-state index in [0.717, 1.165) is 17.1 Å². The zero-order chi connectivity index (χ0) is 16.2. The lowest BCUT2D eigenvalue weighted by Crippen LogP contribution is -2.13. The standard InChI is InChI=1S/C16H12N4O2S/c17-15(21)11-6-8-12(9-7-11)18-16(22)14-13(19-20-23-14)10-4-2-1-3-5-10/h1-9H,(H2,17,21)(H,18,22). The van der Waals surface area contributed by atoms with Crippen LogP contribution in [0, 0.1) is 0 Å². The molecule has 23 heavy (non-hydrogen) atoms. The average molecular weight is 324 g/mol. The lowest BCUT2D eigenvalue weighted by molar-refractivity contribution is 0.0998. The van der Waals surface area contributed by atoms with Gasteiger partial charge in [-0.1, -0.05) is 34.8 Å². The molecule has 0 unspecified atom stereocenters. The molecule has 3 N–H and O–H groups in total. The topological polar surface area (TPSA) is 98.0 Å². The molecule has 0 atom stereocenters. The van der Waals surface area contributed by atoms with Gasteiger partial charge in [0.1, 0.15) is 10.6 Å². The summed E-state index contributed by atoms with van der Waals surface area (Å²) in [6, 6.07) is 15.7. The molecule has 3 aromatic rings. The first-order valence-corrected chi connectivity index (χ1v) is 7.51. The Bertz CT molecular complexity index is 844. The second-order valence-corrected chi connectivity index (χ2v) is 5.47. The molecule has 7 heteroatoms. The van der Waals surface area contributed by atoms with Gasteiger partial charge in [-0.2, -0.15) is 0 Å². The van der Waals surface area contributed by atoms with Gasteiger partial charge in [0.15, 0.2) is 0 Å². The largest absolute Gasteiger partial charge is 0.366 e. The fourth-order valence-corrected chi connectivity index (χ4v) is 2.61. The van der Waals surface area contributed by atoms with Crippen LogP contribution in [0.2, 0.25) is 0 Å². The fourth-order valence-electron chi connectivity index (χ4n) is 2.03. The number of benzene rings is 2. The lowest BCUT2D eigenvalue weighted by atomic mass is 10.1. The van der Waals surface area contributed by atoms with Crippen molar-refractivity contribution in [2.45, 2.75) is 0 Å². The van der Waals surface area contributed by atoms with E-state index in [0.29, 0.717) is 21.8 Å². The highest BCUT2D eigenvalue weighted by Gasteiger charge is 2.17. The van der Waals surface area contributed by atoms with Gasteiger partial charge < -0.3 is 11.1 Å². The Morgan fingerprint density at radius 3 is 2.35 bits per heavy atom. The van der Waals surface area contributed by atoms with Crippen LogP contribution in [-0.4, -0.2) is 21.4 Å². The Morgan fingerprint density at radius 1 is 1.00 bits per heavy atom. The highest BCUT2D eigenvalue weighted by atomic mass is 32.1. The van der Waals surface area contributed by atoms with Crippen molar-refractivity contribution < 1.29 is 9.59 Å². The molecular formula is C16H12N4O2S.